The molecule has 1 amide bonds. The number of hydrogen-bond donors (Lipinski definition) is 1. The van der Waals surface area contributed by atoms with E-state index in [-0.39, 0.29) is 11.7 Å². The zero-order valence-electron chi connectivity index (χ0n) is 10.8. The SMILES string of the molecule is COCCN(C(=O)c1ccc(O)cc1C)C1CC1. The molecule has 1 fully saturated rings. The van der Waals surface area contributed by atoms with Gasteiger partial charge in [0.2, 0.25) is 0 Å². The standard InChI is InChI=1S/C14H19NO3/c1-10-9-12(16)5-6-13(10)14(17)15(7-8-18-2)11-3-4-11/h5-6,9,11,16H,3-4,7-8H2,1-2H3. The van der Waals surface area contributed by atoms with Gasteiger partial charge in [-0.05, 0) is 43.5 Å². The minimum atomic E-state index is 0.0343. The molecular weight excluding hydrogens is 230 g/mol. The summed E-state index contributed by atoms with van der Waals surface area (Å²) < 4.78 is 5.05. The Morgan fingerprint density at radius 2 is 2.22 bits per heavy atom. The Morgan fingerprint density at radius 3 is 2.78 bits per heavy atom. The fourth-order valence-electron chi connectivity index (χ4n) is 2.07. The molecule has 4 heteroatoms. The average molecular weight is 249 g/mol. The van der Waals surface area contributed by atoms with Gasteiger partial charge in [0, 0.05) is 25.3 Å². The molecule has 1 aromatic carbocycles. The number of nitrogens with zero attached hydrogens (tertiary/aromatic N) is 1. The van der Waals surface area contributed by atoms with Crippen molar-refractivity contribution in [1.29, 1.82) is 0 Å². The van der Waals surface area contributed by atoms with Gasteiger partial charge in [-0.15, -0.1) is 0 Å². The van der Waals surface area contributed by atoms with Gasteiger partial charge < -0.3 is 14.7 Å². The first kappa shape index (κ1) is 12.9. The summed E-state index contributed by atoms with van der Waals surface area (Å²) in [5.41, 5.74) is 1.47. The van der Waals surface area contributed by atoms with Crippen LogP contribution in [-0.2, 0) is 4.74 Å². The van der Waals surface area contributed by atoms with Crippen LogP contribution in [-0.4, -0.2) is 42.2 Å². The molecule has 1 N–H and O–H groups in total. The fourth-order valence-corrected chi connectivity index (χ4v) is 2.07. The molecule has 18 heavy (non-hydrogen) atoms. The molecule has 0 atom stereocenters. The highest BCUT2D eigenvalue weighted by atomic mass is 16.5. The molecule has 0 radical (unpaired) electrons. The Hall–Kier alpha value is -1.55. The van der Waals surface area contributed by atoms with E-state index < -0.39 is 0 Å². The number of benzene rings is 1. The summed E-state index contributed by atoms with van der Waals surface area (Å²) in [4.78, 5) is 14.3. The number of ether oxygens (including phenoxy) is 1. The van der Waals surface area contributed by atoms with Crippen molar-refractivity contribution in [3.8, 4) is 5.75 Å². The van der Waals surface area contributed by atoms with E-state index >= 15 is 0 Å². The van der Waals surface area contributed by atoms with E-state index in [2.05, 4.69) is 0 Å². The molecule has 98 valence electrons. The van der Waals surface area contributed by atoms with Crippen LogP contribution < -0.4 is 0 Å². The number of aromatic hydroxyl groups is 1. The Labute approximate surface area is 107 Å². The van der Waals surface area contributed by atoms with Crippen LogP contribution in [0.1, 0.15) is 28.8 Å². The molecular formula is C14H19NO3. The molecule has 0 saturated heterocycles. The summed E-state index contributed by atoms with van der Waals surface area (Å²) in [6, 6.07) is 5.23. The highest BCUT2D eigenvalue weighted by Crippen LogP contribution is 2.29. The molecule has 1 aliphatic carbocycles. The number of phenolic OH excluding ortho intramolecular Hbond substituents is 1. The van der Waals surface area contributed by atoms with Crippen LogP contribution in [0.5, 0.6) is 5.75 Å². The molecule has 2 rings (SSSR count). The normalized spacial score (nSPS) is 14.6. The van der Waals surface area contributed by atoms with E-state index in [9.17, 15) is 9.90 Å². The molecule has 0 aromatic heterocycles. The molecule has 0 heterocycles. The van der Waals surface area contributed by atoms with Gasteiger partial charge in [0.1, 0.15) is 5.75 Å². The third-order valence-corrected chi connectivity index (χ3v) is 3.23. The summed E-state index contributed by atoms with van der Waals surface area (Å²) in [6.07, 6.45) is 2.15. The largest absolute Gasteiger partial charge is 0.508 e. The van der Waals surface area contributed by atoms with Crippen LogP contribution in [0.2, 0.25) is 0 Å². The smallest absolute Gasteiger partial charge is 0.254 e. The Kier molecular flexibility index (Phi) is 3.87. The number of hydrogen-bond acceptors (Lipinski definition) is 3. The second-order valence-electron chi connectivity index (χ2n) is 4.72. The van der Waals surface area contributed by atoms with Crippen molar-refractivity contribution in [2.75, 3.05) is 20.3 Å². The first-order chi connectivity index (χ1) is 8.63. The lowest BCUT2D eigenvalue weighted by Crippen LogP contribution is -2.36. The summed E-state index contributed by atoms with van der Waals surface area (Å²) in [7, 11) is 1.64. The van der Waals surface area contributed by atoms with E-state index in [4.69, 9.17) is 4.74 Å². The first-order valence-corrected chi connectivity index (χ1v) is 6.23. The summed E-state index contributed by atoms with van der Waals surface area (Å²) in [5, 5.41) is 9.38. The topological polar surface area (TPSA) is 49.8 Å². The van der Waals surface area contributed by atoms with Gasteiger partial charge in [0.15, 0.2) is 0 Å². The number of rotatable bonds is 5. The molecule has 0 unspecified atom stereocenters. The Bertz CT molecular complexity index is 441. The van der Waals surface area contributed by atoms with Gasteiger partial charge in [-0.1, -0.05) is 0 Å². The summed E-state index contributed by atoms with van der Waals surface area (Å²) >= 11 is 0. The Balaban J connectivity index is 2.16. The minimum absolute atomic E-state index is 0.0343. The molecule has 0 bridgehead atoms. The number of aryl methyl sites for hydroxylation is 1. The van der Waals surface area contributed by atoms with Crippen LogP contribution >= 0.6 is 0 Å². The monoisotopic (exact) mass is 249 g/mol. The van der Waals surface area contributed by atoms with Crippen LogP contribution in [0.15, 0.2) is 18.2 Å². The van der Waals surface area contributed by atoms with Gasteiger partial charge in [-0.25, -0.2) is 0 Å². The zero-order chi connectivity index (χ0) is 13.1. The Morgan fingerprint density at radius 1 is 1.50 bits per heavy atom. The van der Waals surface area contributed by atoms with Crippen molar-refractivity contribution in [3.05, 3.63) is 29.3 Å². The quantitative estimate of drug-likeness (QED) is 0.867. The van der Waals surface area contributed by atoms with E-state index in [1.54, 1.807) is 25.3 Å². The number of carbonyl (C=O) groups is 1. The third-order valence-electron chi connectivity index (χ3n) is 3.23. The summed E-state index contributed by atoms with van der Waals surface area (Å²) in [5.74, 6) is 0.228. The van der Waals surface area contributed by atoms with E-state index in [1.165, 1.54) is 0 Å². The maximum atomic E-state index is 12.5. The number of amides is 1. The van der Waals surface area contributed by atoms with Crippen LogP contribution in [0, 0.1) is 6.92 Å². The maximum absolute atomic E-state index is 12.5. The highest BCUT2D eigenvalue weighted by molar-refractivity contribution is 5.96. The lowest BCUT2D eigenvalue weighted by atomic mass is 10.1. The van der Waals surface area contributed by atoms with Gasteiger partial charge in [-0.3, -0.25) is 4.79 Å². The molecule has 4 nitrogen and oxygen atoms in total. The second kappa shape index (κ2) is 5.40. The zero-order valence-corrected chi connectivity index (χ0v) is 10.8. The fraction of sp³-hybridized carbons (Fsp3) is 0.500. The van der Waals surface area contributed by atoms with Crippen molar-refractivity contribution in [3.63, 3.8) is 0 Å². The summed E-state index contributed by atoms with van der Waals surface area (Å²) in [6.45, 7) is 3.02. The van der Waals surface area contributed by atoms with E-state index in [0.29, 0.717) is 24.8 Å². The highest BCUT2D eigenvalue weighted by Gasteiger charge is 2.33. The van der Waals surface area contributed by atoms with Gasteiger partial charge in [0.25, 0.3) is 5.91 Å². The maximum Gasteiger partial charge on any atom is 0.254 e. The predicted molar refractivity (Wildman–Crippen MR) is 68.8 cm³/mol. The third kappa shape index (κ3) is 2.82. The molecule has 1 aromatic rings. The number of carbonyl (C=O) groups excluding carboxylic acids is 1. The first-order valence-electron chi connectivity index (χ1n) is 6.23. The van der Waals surface area contributed by atoms with Crippen molar-refractivity contribution in [2.45, 2.75) is 25.8 Å². The van der Waals surface area contributed by atoms with E-state index in [1.807, 2.05) is 11.8 Å². The average Bonchev–Trinajstić information content (AvgIpc) is 3.13. The van der Waals surface area contributed by atoms with Gasteiger partial charge >= 0.3 is 0 Å². The minimum Gasteiger partial charge on any atom is -0.508 e. The van der Waals surface area contributed by atoms with Crippen molar-refractivity contribution in [2.24, 2.45) is 0 Å². The lowest BCUT2D eigenvalue weighted by Gasteiger charge is -2.23. The molecule has 1 saturated carbocycles. The van der Waals surface area contributed by atoms with E-state index in [0.717, 1.165) is 18.4 Å². The number of methoxy groups -OCH3 is 1. The predicted octanol–water partition coefficient (Wildman–Crippen LogP) is 1.95. The molecule has 0 spiro atoms. The van der Waals surface area contributed by atoms with Gasteiger partial charge in [0.05, 0.1) is 6.61 Å². The number of phenols is 1. The van der Waals surface area contributed by atoms with Crippen LogP contribution in [0.25, 0.3) is 0 Å². The van der Waals surface area contributed by atoms with Crippen molar-refractivity contribution in [1.82, 2.24) is 4.90 Å². The van der Waals surface area contributed by atoms with Crippen LogP contribution in [0.3, 0.4) is 0 Å². The molecule has 0 aliphatic heterocycles. The van der Waals surface area contributed by atoms with Crippen molar-refractivity contribution >= 4 is 5.91 Å². The van der Waals surface area contributed by atoms with Crippen molar-refractivity contribution < 1.29 is 14.6 Å². The molecule has 1 aliphatic rings. The van der Waals surface area contributed by atoms with Crippen LogP contribution in [0.4, 0.5) is 0 Å². The lowest BCUT2D eigenvalue weighted by molar-refractivity contribution is 0.0679. The second-order valence-corrected chi connectivity index (χ2v) is 4.72. The van der Waals surface area contributed by atoms with Gasteiger partial charge in [-0.2, -0.15) is 0 Å².